The molecule has 0 atom stereocenters. The molecule has 1 N–H and O–H groups in total. The van der Waals surface area contributed by atoms with Crippen LogP contribution in [0.4, 0.5) is 4.79 Å². The molecule has 0 aromatic rings. The normalized spacial score (nSPS) is 17.8. The average Bonchev–Trinajstić information content (AvgIpc) is 2.52. The molecular weight excluding hydrogens is 290 g/mol. The second kappa shape index (κ2) is 7.44. The number of hydrogen-bond acceptors (Lipinski definition) is 3. The maximum absolute atomic E-state index is 12.7. The van der Waals surface area contributed by atoms with Crippen LogP contribution in [0.2, 0.25) is 0 Å². The molecule has 0 radical (unpaired) electrons. The summed E-state index contributed by atoms with van der Waals surface area (Å²) in [5.74, 6) is 0.0753. The van der Waals surface area contributed by atoms with E-state index in [0.29, 0.717) is 12.1 Å². The van der Waals surface area contributed by atoms with Crippen LogP contribution in [-0.2, 0) is 9.53 Å². The molecule has 124 valence electrons. The first-order chi connectivity index (χ1) is 10.9. The molecule has 0 unspecified atom stereocenters. The number of amides is 1. The Bertz CT molecular complexity index is 601. The number of carbonyl (C=O) groups excluding carboxylic acids is 2. The lowest BCUT2D eigenvalue weighted by Gasteiger charge is -2.21. The summed E-state index contributed by atoms with van der Waals surface area (Å²) in [5, 5.41) is 2.74. The van der Waals surface area contributed by atoms with Crippen LogP contribution in [0, 0.1) is 0 Å². The monoisotopic (exact) mass is 315 g/mol. The molecule has 1 amide bonds. The summed E-state index contributed by atoms with van der Waals surface area (Å²) in [6, 6.07) is 0. The summed E-state index contributed by atoms with van der Waals surface area (Å²) in [5.41, 5.74) is 1.90. The van der Waals surface area contributed by atoms with Gasteiger partial charge in [0.05, 0.1) is 0 Å². The summed E-state index contributed by atoms with van der Waals surface area (Å²) in [6.45, 7) is 5.79. The second-order valence-corrected chi connectivity index (χ2v) is 6.77. The maximum atomic E-state index is 12.7. The van der Waals surface area contributed by atoms with Gasteiger partial charge in [-0.2, -0.15) is 0 Å². The summed E-state index contributed by atoms with van der Waals surface area (Å²) >= 11 is 0. The van der Waals surface area contributed by atoms with E-state index in [1.54, 1.807) is 0 Å². The van der Waals surface area contributed by atoms with Crippen LogP contribution < -0.4 is 5.32 Å². The van der Waals surface area contributed by atoms with Crippen LogP contribution >= 0.6 is 0 Å². The van der Waals surface area contributed by atoms with Gasteiger partial charge in [0.15, 0.2) is 5.78 Å². The molecule has 2 aliphatic carbocycles. The summed E-state index contributed by atoms with van der Waals surface area (Å²) in [6.07, 6.45) is 12.9. The summed E-state index contributed by atoms with van der Waals surface area (Å²) in [4.78, 5) is 24.5. The molecular formula is C19H25NO3. The van der Waals surface area contributed by atoms with Gasteiger partial charge in [0, 0.05) is 17.7 Å². The zero-order chi connectivity index (χ0) is 16.9. The van der Waals surface area contributed by atoms with E-state index in [9.17, 15) is 9.59 Å². The molecule has 2 rings (SSSR count). The molecule has 0 fully saturated rings. The lowest BCUT2D eigenvalue weighted by Crippen LogP contribution is -2.34. The van der Waals surface area contributed by atoms with E-state index in [2.05, 4.69) is 11.4 Å². The third-order valence-electron chi connectivity index (χ3n) is 3.62. The fourth-order valence-corrected chi connectivity index (χ4v) is 2.58. The number of ether oxygens (including phenoxy) is 1. The van der Waals surface area contributed by atoms with Crippen LogP contribution in [0.5, 0.6) is 0 Å². The van der Waals surface area contributed by atoms with E-state index in [-0.39, 0.29) is 5.78 Å². The van der Waals surface area contributed by atoms with Crippen molar-refractivity contribution in [3.8, 4) is 0 Å². The third-order valence-corrected chi connectivity index (χ3v) is 3.62. The Morgan fingerprint density at radius 1 is 1.17 bits per heavy atom. The van der Waals surface area contributed by atoms with Crippen LogP contribution in [0.3, 0.4) is 0 Å². The molecule has 0 saturated heterocycles. The van der Waals surface area contributed by atoms with Crippen molar-refractivity contribution < 1.29 is 14.3 Å². The first-order valence-electron chi connectivity index (χ1n) is 8.13. The van der Waals surface area contributed by atoms with Gasteiger partial charge in [-0.15, -0.1) is 0 Å². The minimum absolute atomic E-state index is 0.0753. The molecule has 4 nitrogen and oxygen atoms in total. The number of rotatable bonds is 4. The topological polar surface area (TPSA) is 55.4 Å². The number of ketones is 1. The Labute approximate surface area is 138 Å². The number of alkyl carbamates (subject to hydrolysis) is 1. The maximum Gasteiger partial charge on any atom is 0.407 e. The third kappa shape index (κ3) is 5.23. The highest BCUT2D eigenvalue weighted by Gasteiger charge is 2.22. The molecule has 2 aliphatic rings. The van der Waals surface area contributed by atoms with Crippen LogP contribution in [0.25, 0.3) is 0 Å². The molecule has 0 aromatic heterocycles. The SMILES string of the molecule is CC(C)(C)OC(=O)NCC1=CCCC=C1C(=O)C1=CC=CCC1. The Balaban J connectivity index is 2.00. The van der Waals surface area contributed by atoms with E-state index < -0.39 is 11.7 Å². The number of Topliss-reactive ketones (excluding diaryl/α,β-unsaturated/α-hetero) is 1. The van der Waals surface area contributed by atoms with Gasteiger partial charge in [-0.05, 0) is 52.0 Å². The van der Waals surface area contributed by atoms with E-state index in [1.807, 2.05) is 45.1 Å². The summed E-state index contributed by atoms with van der Waals surface area (Å²) < 4.78 is 5.24. The Kier molecular flexibility index (Phi) is 5.59. The Morgan fingerprint density at radius 2 is 1.91 bits per heavy atom. The molecule has 0 aromatic carbocycles. The molecule has 0 saturated carbocycles. The van der Waals surface area contributed by atoms with Gasteiger partial charge in [0.1, 0.15) is 5.60 Å². The fourth-order valence-electron chi connectivity index (χ4n) is 2.58. The standard InChI is InChI=1S/C19H25NO3/c1-19(2,3)23-18(22)20-13-15-11-7-8-12-16(15)17(21)14-9-5-4-6-10-14/h4-5,9,11-12H,6-8,10,13H2,1-3H3,(H,20,22). The van der Waals surface area contributed by atoms with Crippen molar-refractivity contribution in [1.82, 2.24) is 5.32 Å². The number of hydrogen-bond donors (Lipinski definition) is 1. The zero-order valence-electron chi connectivity index (χ0n) is 14.1. The predicted octanol–water partition coefficient (Wildman–Crippen LogP) is 4.00. The molecule has 0 spiro atoms. The molecule has 0 heterocycles. The van der Waals surface area contributed by atoms with Crippen LogP contribution in [0.15, 0.2) is 47.1 Å². The quantitative estimate of drug-likeness (QED) is 0.853. The minimum atomic E-state index is -0.529. The van der Waals surface area contributed by atoms with Gasteiger partial charge in [-0.3, -0.25) is 4.79 Å². The molecule has 0 aliphatic heterocycles. The van der Waals surface area contributed by atoms with Crippen molar-refractivity contribution in [2.45, 2.75) is 52.1 Å². The highest BCUT2D eigenvalue weighted by Crippen LogP contribution is 2.25. The number of nitrogens with one attached hydrogen (secondary N) is 1. The predicted molar refractivity (Wildman–Crippen MR) is 91.1 cm³/mol. The van der Waals surface area contributed by atoms with Crippen molar-refractivity contribution in [2.75, 3.05) is 6.54 Å². The van der Waals surface area contributed by atoms with Crippen molar-refractivity contribution in [2.24, 2.45) is 0 Å². The first kappa shape index (κ1) is 17.3. The molecule has 4 heteroatoms. The molecule has 0 bridgehead atoms. The lowest BCUT2D eigenvalue weighted by molar-refractivity contribution is -0.112. The van der Waals surface area contributed by atoms with Gasteiger partial charge in [-0.25, -0.2) is 4.79 Å². The van der Waals surface area contributed by atoms with E-state index in [0.717, 1.165) is 36.8 Å². The van der Waals surface area contributed by atoms with E-state index in [4.69, 9.17) is 4.74 Å². The van der Waals surface area contributed by atoms with Gasteiger partial charge < -0.3 is 10.1 Å². The minimum Gasteiger partial charge on any atom is -0.444 e. The van der Waals surface area contributed by atoms with Crippen molar-refractivity contribution in [3.63, 3.8) is 0 Å². The van der Waals surface area contributed by atoms with Gasteiger partial charge >= 0.3 is 6.09 Å². The largest absolute Gasteiger partial charge is 0.444 e. The average molecular weight is 315 g/mol. The number of carbonyl (C=O) groups is 2. The summed E-state index contributed by atoms with van der Waals surface area (Å²) in [7, 11) is 0. The fraction of sp³-hybridized carbons (Fsp3) is 0.474. The van der Waals surface area contributed by atoms with Crippen LogP contribution in [-0.4, -0.2) is 24.0 Å². The highest BCUT2D eigenvalue weighted by molar-refractivity contribution is 6.11. The van der Waals surface area contributed by atoms with Crippen LogP contribution in [0.1, 0.15) is 46.5 Å². The van der Waals surface area contributed by atoms with Gasteiger partial charge in [0.25, 0.3) is 0 Å². The first-order valence-corrected chi connectivity index (χ1v) is 8.13. The highest BCUT2D eigenvalue weighted by atomic mass is 16.6. The lowest BCUT2D eigenvalue weighted by atomic mass is 9.88. The smallest absolute Gasteiger partial charge is 0.407 e. The second-order valence-electron chi connectivity index (χ2n) is 6.77. The van der Waals surface area contributed by atoms with Crippen molar-refractivity contribution in [3.05, 3.63) is 47.1 Å². The van der Waals surface area contributed by atoms with Crippen molar-refractivity contribution >= 4 is 11.9 Å². The van der Waals surface area contributed by atoms with E-state index in [1.165, 1.54) is 0 Å². The Morgan fingerprint density at radius 3 is 2.57 bits per heavy atom. The number of allylic oxidation sites excluding steroid dienone is 6. The van der Waals surface area contributed by atoms with Gasteiger partial charge in [0.2, 0.25) is 0 Å². The Hall–Kier alpha value is -2.10. The zero-order valence-corrected chi connectivity index (χ0v) is 14.1. The van der Waals surface area contributed by atoms with Gasteiger partial charge in [-0.1, -0.05) is 30.4 Å². The van der Waals surface area contributed by atoms with Crippen molar-refractivity contribution in [1.29, 1.82) is 0 Å². The molecule has 23 heavy (non-hydrogen) atoms. The van der Waals surface area contributed by atoms with E-state index >= 15 is 0 Å².